The number of carbonyl (C=O) groups excluding carboxylic acids is 1. The normalized spacial score (nSPS) is 20.7. The maximum Gasteiger partial charge on any atom is 0.239 e. The van der Waals surface area contributed by atoms with E-state index in [1.807, 2.05) is 6.07 Å². The fourth-order valence-electron chi connectivity index (χ4n) is 1.97. The van der Waals surface area contributed by atoms with E-state index in [9.17, 15) is 4.79 Å². The first-order chi connectivity index (χ1) is 8.70. The van der Waals surface area contributed by atoms with Crippen LogP contribution in [0.3, 0.4) is 0 Å². The molecule has 1 atom stereocenters. The summed E-state index contributed by atoms with van der Waals surface area (Å²) >= 11 is 5.75. The highest BCUT2D eigenvalue weighted by Crippen LogP contribution is 2.13. The number of halogens is 1. The average molecular weight is 270 g/mol. The van der Waals surface area contributed by atoms with Gasteiger partial charge in [0.15, 0.2) is 0 Å². The quantitative estimate of drug-likeness (QED) is 0.820. The molecule has 98 valence electrons. The summed E-state index contributed by atoms with van der Waals surface area (Å²) in [4.78, 5) is 17.9. The minimum absolute atomic E-state index is 0.0170. The van der Waals surface area contributed by atoms with E-state index in [-0.39, 0.29) is 11.9 Å². The van der Waals surface area contributed by atoms with Crippen molar-refractivity contribution in [3.05, 3.63) is 29.0 Å². The van der Waals surface area contributed by atoms with Crippen molar-refractivity contribution in [1.29, 1.82) is 0 Å². The zero-order valence-corrected chi connectivity index (χ0v) is 11.0. The van der Waals surface area contributed by atoms with Crippen molar-refractivity contribution in [3.8, 4) is 0 Å². The number of morpholine rings is 1. The fraction of sp³-hybridized carbons (Fsp3) is 0.500. The molecule has 2 rings (SSSR count). The van der Waals surface area contributed by atoms with Gasteiger partial charge in [-0.1, -0.05) is 17.7 Å². The SMILES string of the molecule is CNC(=O)C1COCCN1Cc1ccc(Cl)nc1. The zero-order valence-electron chi connectivity index (χ0n) is 10.2. The largest absolute Gasteiger partial charge is 0.378 e. The fourth-order valence-corrected chi connectivity index (χ4v) is 2.08. The van der Waals surface area contributed by atoms with Crippen molar-refractivity contribution in [2.45, 2.75) is 12.6 Å². The Kier molecular flexibility index (Phi) is 4.52. The first-order valence-electron chi connectivity index (χ1n) is 5.84. The Balaban J connectivity index is 2.05. The van der Waals surface area contributed by atoms with E-state index in [1.54, 1.807) is 19.3 Å². The monoisotopic (exact) mass is 269 g/mol. The Bertz CT molecular complexity index is 410. The third-order valence-electron chi connectivity index (χ3n) is 2.96. The van der Waals surface area contributed by atoms with E-state index in [0.29, 0.717) is 24.9 Å². The number of rotatable bonds is 3. The van der Waals surface area contributed by atoms with Crippen LogP contribution in [0.4, 0.5) is 0 Å². The van der Waals surface area contributed by atoms with Crippen molar-refractivity contribution in [1.82, 2.24) is 15.2 Å². The van der Waals surface area contributed by atoms with Gasteiger partial charge in [0.1, 0.15) is 11.2 Å². The van der Waals surface area contributed by atoms with Crippen LogP contribution in [0.25, 0.3) is 0 Å². The summed E-state index contributed by atoms with van der Waals surface area (Å²) in [7, 11) is 1.64. The molecule has 18 heavy (non-hydrogen) atoms. The zero-order chi connectivity index (χ0) is 13.0. The predicted molar refractivity (Wildman–Crippen MR) is 68.3 cm³/mol. The molecule has 1 unspecified atom stereocenters. The highest BCUT2D eigenvalue weighted by Gasteiger charge is 2.28. The van der Waals surface area contributed by atoms with Crippen LogP contribution in [0.2, 0.25) is 5.15 Å². The van der Waals surface area contributed by atoms with Crippen molar-refractivity contribution in [3.63, 3.8) is 0 Å². The Hall–Kier alpha value is -1.17. The van der Waals surface area contributed by atoms with E-state index in [1.165, 1.54) is 0 Å². The molecule has 1 aromatic rings. The molecule has 0 aliphatic carbocycles. The topological polar surface area (TPSA) is 54.5 Å². The third-order valence-corrected chi connectivity index (χ3v) is 3.19. The predicted octanol–water partition coefficient (Wildman–Crippen LogP) is 0.682. The smallest absolute Gasteiger partial charge is 0.239 e. The number of amides is 1. The average Bonchev–Trinajstić information content (AvgIpc) is 2.41. The van der Waals surface area contributed by atoms with Gasteiger partial charge in [0.05, 0.1) is 13.2 Å². The van der Waals surface area contributed by atoms with Crippen LogP contribution in [0.1, 0.15) is 5.56 Å². The first-order valence-corrected chi connectivity index (χ1v) is 6.22. The molecule has 1 amide bonds. The van der Waals surface area contributed by atoms with Crippen molar-refractivity contribution >= 4 is 17.5 Å². The molecule has 2 heterocycles. The van der Waals surface area contributed by atoms with Crippen LogP contribution in [-0.2, 0) is 16.1 Å². The lowest BCUT2D eigenvalue weighted by Crippen LogP contribution is -2.52. The Morgan fingerprint density at radius 2 is 2.50 bits per heavy atom. The molecular formula is C12H16ClN3O2. The molecule has 1 aliphatic rings. The van der Waals surface area contributed by atoms with Gasteiger partial charge in [-0.2, -0.15) is 0 Å². The molecule has 0 spiro atoms. The molecular weight excluding hydrogens is 254 g/mol. The third kappa shape index (κ3) is 3.19. The van der Waals surface area contributed by atoms with E-state index >= 15 is 0 Å². The molecule has 1 saturated heterocycles. The second-order valence-electron chi connectivity index (χ2n) is 4.16. The van der Waals surface area contributed by atoms with Crippen LogP contribution in [-0.4, -0.2) is 48.6 Å². The molecule has 0 bridgehead atoms. The Labute approximate surface area is 111 Å². The standard InChI is InChI=1S/C12H16ClN3O2/c1-14-12(17)10-8-18-5-4-16(10)7-9-2-3-11(13)15-6-9/h2-3,6,10H,4-5,7-8H2,1H3,(H,14,17). The number of hydrogen-bond donors (Lipinski definition) is 1. The number of ether oxygens (including phenoxy) is 1. The summed E-state index contributed by atoms with van der Waals surface area (Å²) < 4.78 is 5.35. The lowest BCUT2D eigenvalue weighted by molar-refractivity contribution is -0.132. The van der Waals surface area contributed by atoms with Gasteiger partial charge in [-0.3, -0.25) is 9.69 Å². The van der Waals surface area contributed by atoms with Crippen LogP contribution in [0, 0.1) is 0 Å². The van der Waals surface area contributed by atoms with Crippen LogP contribution >= 0.6 is 11.6 Å². The summed E-state index contributed by atoms with van der Waals surface area (Å²) in [5.41, 5.74) is 1.04. The Morgan fingerprint density at radius 3 is 3.17 bits per heavy atom. The molecule has 6 heteroatoms. The van der Waals surface area contributed by atoms with Gasteiger partial charge in [-0.15, -0.1) is 0 Å². The summed E-state index contributed by atoms with van der Waals surface area (Å²) in [5.74, 6) is -0.0170. The van der Waals surface area contributed by atoms with Crippen molar-refractivity contribution in [2.24, 2.45) is 0 Å². The van der Waals surface area contributed by atoms with Crippen LogP contribution in [0.15, 0.2) is 18.3 Å². The van der Waals surface area contributed by atoms with Crippen molar-refractivity contribution < 1.29 is 9.53 Å². The van der Waals surface area contributed by atoms with Gasteiger partial charge in [0.25, 0.3) is 0 Å². The molecule has 0 aromatic carbocycles. The number of hydrogen-bond acceptors (Lipinski definition) is 4. The van der Waals surface area contributed by atoms with Gasteiger partial charge in [0.2, 0.25) is 5.91 Å². The van der Waals surface area contributed by atoms with Gasteiger partial charge in [0, 0.05) is 26.3 Å². The second-order valence-corrected chi connectivity index (χ2v) is 4.55. The van der Waals surface area contributed by atoms with E-state index < -0.39 is 0 Å². The van der Waals surface area contributed by atoms with E-state index in [2.05, 4.69) is 15.2 Å². The maximum atomic E-state index is 11.8. The highest BCUT2D eigenvalue weighted by molar-refractivity contribution is 6.29. The molecule has 1 N–H and O–H groups in total. The van der Waals surface area contributed by atoms with Gasteiger partial charge in [-0.05, 0) is 11.6 Å². The molecule has 0 saturated carbocycles. The van der Waals surface area contributed by atoms with Crippen molar-refractivity contribution in [2.75, 3.05) is 26.8 Å². The molecule has 1 fully saturated rings. The van der Waals surface area contributed by atoms with E-state index in [0.717, 1.165) is 12.1 Å². The van der Waals surface area contributed by atoms with Crippen LogP contribution < -0.4 is 5.32 Å². The first kappa shape index (κ1) is 13.3. The second kappa shape index (κ2) is 6.13. The van der Waals surface area contributed by atoms with E-state index in [4.69, 9.17) is 16.3 Å². The highest BCUT2D eigenvalue weighted by atomic mass is 35.5. The van der Waals surface area contributed by atoms with Crippen LogP contribution in [0.5, 0.6) is 0 Å². The summed E-state index contributed by atoms with van der Waals surface area (Å²) in [6.07, 6.45) is 1.73. The number of nitrogens with one attached hydrogen (secondary N) is 1. The molecule has 0 radical (unpaired) electrons. The number of carbonyl (C=O) groups is 1. The maximum absolute atomic E-state index is 11.8. The number of likely N-dealkylation sites (N-methyl/N-ethyl adjacent to an activating group) is 1. The number of nitrogens with zero attached hydrogens (tertiary/aromatic N) is 2. The molecule has 1 aliphatic heterocycles. The summed E-state index contributed by atoms with van der Waals surface area (Å²) in [5, 5.41) is 3.14. The minimum Gasteiger partial charge on any atom is -0.378 e. The van der Waals surface area contributed by atoms with Gasteiger partial charge in [-0.25, -0.2) is 4.98 Å². The minimum atomic E-state index is -0.237. The van der Waals surface area contributed by atoms with Gasteiger partial charge >= 0.3 is 0 Å². The summed E-state index contributed by atoms with van der Waals surface area (Å²) in [6.45, 7) is 2.49. The lowest BCUT2D eigenvalue weighted by Gasteiger charge is -2.34. The Morgan fingerprint density at radius 1 is 1.67 bits per heavy atom. The molecule has 1 aromatic heterocycles. The summed E-state index contributed by atoms with van der Waals surface area (Å²) in [6, 6.07) is 3.44. The molecule has 5 nitrogen and oxygen atoms in total. The number of aromatic nitrogens is 1. The lowest BCUT2D eigenvalue weighted by atomic mass is 10.1. The number of pyridine rings is 1. The van der Waals surface area contributed by atoms with Gasteiger partial charge < -0.3 is 10.1 Å².